The van der Waals surface area contributed by atoms with Crippen LogP contribution in [0.25, 0.3) is 0 Å². The summed E-state index contributed by atoms with van der Waals surface area (Å²) in [4.78, 5) is 41.5. The molecule has 0 bridgehead atoms. The van der Waals surface area contributed by atoms with E-state index < -0.39 is 17.2 Å². The molecule has 0 spiro atoms. The van der Waals surface area contributed by atoms with Gasteiger partial charge >= 0.3 is 5.69 Å². The minimum Gasteiger partial charge on any atom is -0.383 e. The van der Waals surface area contributed by atoms with Gasteiger partial charge in [0.15, 0.2) is 5.69 Å². The predicted molar refractivity (Wildman–Crippen MR) is 116 cm³/mol. The van der Waals surface area contributed by atoms with E-state index in [9.17, 15) is 14.4 Å². The lowest BCUT2D eigenvalue weighted by Crippen LogP contribution is -2.41. The molecule has 0 radical (unpaired) electrons. The van der Waals surface area contributed by atoms with Crippen LogP contribution in [0.3, 0.4) is 0 Å². The average Bonchev–Trinajstić information content (AvgIpc) is 2.97. The normalized spacial score (nSPS) is 11.0. The van der Waals surface area contributed by atoms with Gasteiger partial charge in [-0.2, -0.15) is 0 Å². The van der Waals surface area contributed by atoms with Crippen molar-refractivity contribution in [3.8, 4) is 0 Å². The number of hydrogen-bond acceptors (Lipinski definition) is 5. The predicted octanol–water partition coefficient (Wildman–Crippen LogP) is 4.12. The Kier molecular flexibility index (Phi) is 8.15. The van der Waals surface area contributed by atoms with Gasteiger partial charge in [-0.25, -0.2) is 4.79 Å². The zero-order valence-electron chi connectivity index (χ0n) is 15.9. The summed E-state index contributed by atoms with van der Waals surface area (Å²) in [6, 6.07) is 1.47. The average molecular weight is 447 g/mol. The van der Waals surface area contributed by atoms with E-state index in [2.05, 4.69) is 4.98 Å². The van der Waals surface area contributed by atoms with Crippen LogP contribution in [0.4, 0.5) is 11.5 Å². The molecule has 1 amide bonds. The van der Waals surface area contributed by atoms with Gasteiger partial charge in [-0.3, -0.25) is 19.1 Å². The van der Waals surface area contributed by atoms with Gasteiger partial charge in [0, 0.05) is 13.1 Å². The standard InChI is InChI=1S/C18H24Cl2N4O3S/c1-3-5-7-9-23(17(26)11-10-12(19)28-14(11)20)13-15(21)24(8-6-4-2)18(27)22-16(13)25/h10H,3-9,21H2,1-2H3,(H,22,25,27). The van der Waals surface area contributed by atoms with Crippen LogP contribution in [-0.4, -0.2) is 22.0 Å². The molecule has 2 aromatic heterocycles. The van der Waals surface area contributed by atoms with E-state index in [1.54, 1.807) is 0 Å². The lowest BCUT2D eigenvalue weighted by molar-refractivity contribution is 0.0986. The molecule has 10 heteroatoms. The summed E-state index contributed by atoms with van der Waals surface area (Å²) in [5.41, 5.74) is 5.07. The fourth-order valence-corrected chi connectivity index (χ4v) is 4.29. The number of nitrogens with zero attached hydrogens (tertiary/aromatic N) is 2. The van der Waals surface area contributed by atoms with E-state index in [4.69, 9.17) is 28.9 Å². The van der Waals surface area contributed by atoms with Crippen LogP contribution in [0, 0.1) is 0 Å². The number of unbranched alkanes of at least 4 members (excludes halogenated alkanes) is 3. The van der Waals surface area contributed by atoms with Crippen molar-refractivity contribution in [1.82, 2.24) is 9.55 Å². The van der Waals surface area contributed by atoms with Gasteiger partial charge in [-0.05, 0) is 18.9 Å². The second kappa shape index (κ2) is 10.1. The number of nitrogen functional groups attached to an aromatic ring is 1. The maximum atomic E-state index is 13.2. The molecule has 0 aromatic carbocycles. The highest BCUT2D eigenvalue weighted by atomic mass is 35.5. The van der Waals surface area contributed by atoms with Gasteiger partial charge < -0.3 is 10.6 Å². The Balaban J connectivity index is 2.57. The first-order valence-electron chi connectivity index (χ1n) is 9.21. The van der Waals surface area contributed by atoms with Crippen molar-refractivity contribution in [3.05, 3.63) is 41.1 Å². The van der Waals surface area contributed by atoms with Gasteiger partial charge in [-0.1, -0.05) is 56.3 Å². The number of H-pyrrole nitrogens is 1. The molecule has 7 nitrogen and oxygen atoms in total. The summed E-state index contributed by atoms with van der Waals surface area (Å²) in [6.07, 6.45) is 4.04. The Bertz CT molecular complexity index is 951. The number of carbonyl (C=O) groups excluding carboxylic acids is 1. The third-order valence-corrected chi connectivity index (χ3v) is 5.82. The lowest BCUT2D eigenvalue weighted by Gasteiger charge is -2.24. The maximum Gasteiger partial charge on any atom is 0.330 e. The third kappa shape index (κ3) is 4.98. The number of rotatable bonds is 9. The van der Waals surface area contributed by atoms with Crippen LogP contribution in [0.2, 0.25) is 8.67 Å². The van der Waals surface area contributed by atoms with Crippen LogP contribution in [0.1, 0.15) is 56.3 Å². The molecule has 0 aliphatic rings. The highest BCUT2D eigenvalue weighted by molar-refractivity contribution is 7.20. The summed E-state index contributed by atoms with van der Waals surface area (Å²) in [5, 5.41) is 0. The zero-order valence-corrected chi connectivity index (χ0v) is 18.2. The molecule has 2 heterocycles. The molecule has 0 aliphatic carbocycles. The fraction of sp³-hybridized carbons (Fsp3) is 0.500. The second-order valence-electron chi connectivity index (χ2n) is 6.40. The number of anilines is 2. The molecule has 0 fully saturated rings. The molecule has 0 saturated carbocycles. The smallest absolute Gasteiger partial charge is 0.330 e. The molecule has 0 saturated heterocycles. The van der Waals surface area contributed by atoms with Crippen LogP contribution < -0.4 is 21.9 Å². The summed E-state index contributed by atoms with van der Waals surface area (Å²) in [7, 11) is 0. The topological polar surface area (TPSA) is 101 Å². The Labute approximate surface area is 177 Å². The number of nitrogens with one attached hydrogen (secondary N) is 1. The Morgan fingerprint density at radius 2 is 1.89 bits per heavy atom. The summed E-state index contributed by atoms with van der Waals surface area (Å²) >= 11 is 13.2. The van der Waals surface area contributed by atoms with Crippen LogP contribution in [0.15, 0.2) is 15.7 Å². The van der Waals surface area contributed by atoms with Crippen molar-refractivity contribution in [2.45, 2.75) is 52.5 Å². The molecular weight excluding hydrogens is 423 g/mol. The van der Waals surface area contributed by atoms with E-state index in [-0.39, 0.29) is 27.9 Å². The number of halogens is 2. The number of carbonyl (C=O) groups is 1. The molecule has 154 valence electrons. The van der Waals surface area contributed by atoms with Crippen LogP contribution in [-0.2, 0) is 6.54 Å². The van der Waals surface area contributed by atoms with Gasteiger partial charge in [0.25, 0.3) is 11.5 Å². The molecule has 0 unspecified atom stereocenters. The molecule has 2 rings (SSSR count). The van der Waals surface area contributed by atoms with Crippen molar-refractivity contribution in [2.24, 2.45) is 0 Å². The number of aromatic amines is 1. The first-order chi connectivity index (χ1) is 13.3. The van der Waals surface area contributed by atoms with E-state index in [0.29, 0.717) is 23.7 Å². The number of thiophene rings is 1. The van der Waals surface area contributed by atoms with Gasteiger partial charge in [0.05, 0.1) is 9.90 Å². The fourth-order valence-electron chi connectivity index (χ4n) is 2.84. The molecule has 2 aromatic rings. The largest absolute Gasteiger partial charge is 0.383 e. The Morgan fingerprint density at radius 1 is 1.21 bits per heavy atom. The summed E-state index contributed by atoms with van der Waals surface area (Å²) in [5.74, 6) is -0.494. The van der Waals surface area contributed by atoms with Crippen LogP contribution >= 0.6 is 34.5 Å². The van der Waals surface area contributed by atoms with Gasteiger partial charge in [0.2, 0.25) is 0 Å². The molecule has 0 atom stereocenters. The summed E-state index contributed by atoms with van der Waals surface area (Å²) in [6.45, 7) is 4.65. The Hall–Kier alpha value is -1.77. The van der Waals surface area contributed by atoms with E-state index in [1.807, 2.05) is 13.8 Å². The first kappa shape index (κ1) is 22.5. The van der Waals surface area contributed by atoms with E-state index >= 15 is 0 Å². The zero-order chi connectivity index (χ0) is 20.8. The Morgan fingerprint density at radius 3 is 2.46 bits per heavy atom. The highest BCUT2D eigenvalue weighted by Crippen LogP contribution is 2.33. The van der Waals surface area contributed by atoms with Crippen molar-refractivity contribution in [2.75, 3.05) is 17.2 Å². The summed E-state index contributed by atoms with van der Waals surface area (Å²) < 4.78 is 1.91. The molecular formula is C18H24Cl2N4O3S. The molecule has 3 N–H and O–H groups in total. The van der Waals surface area contributed by atoms with E-state index in [0.717, 1.165) is 30.6 Å². The van der Waals surface area contributed by atoms with Gasteiger partial charge in [0.1, 0.15) is 10.2 Å². The minimum atomic E-state index is -0.697. The van der Waals surface area contributed by atoms with Crippen molar-refractivity contribution >= 4 is 52.0 Å². The SMILES string of the molecule is CCCCCN(C(=O)c1cc(Cl)sc1Cl)c1c(N)n(CCCC)c(=O)[nH]c1=O. The number of hydrogen-bond donors (Lipinski definition) is 2. The minimum absolute atomic E-state index is 0.0236. The number of amides is 1. The third-order valence-electron chi connectivity index (χ3n) is 4.34. The quantitative estimate of drug-likeness (QED) is 0.565. The van der Waals surface area contributed by atoms with Crippen molar-refractivity contribution < 1.29 is 4.79 Å². The maximum absolute atomic E-state index is 13.2. The van der Waals surface area contributed by atoms with Crippen molar-refractivity contribution in [1.29, 1.82) is 0 Å². The van der Waals surface area contributed by atoms with Crippen molar-refractivity contribution in [3.63, 3.8) is 0 Å². The van der Waals surface area contributed by atoms with Gasteiger partial charge in [-0.15, -0.1) is 11.3 Å². The molecule has 0 aliphatic heterocycles. The lowest BCUT2D eigenvalue weighted by atomic mass is 10.2. The van der Waals surface area contributed by atoms with Crippen LogP contribution in [0.5, 0.6) is 0 Å². The highest BCUT2D eigenvalue weighted by Gasteiger charge is 2.27. The second-order valence-corrected chi connectivity index (χ2v) is 8.69. The monoisotopic (exact) mass is 446 g/mol. The molecule has 28 heavy (non-hydrogen) atoms. The van der Waals surface area contributed by atoms with E-state index in [1.165, 1.54) is 15.5 Å². The number of nitrogens with two attached hydrogens (primary N) is 1. The first-order valence-corrected chi connectivity index (χ1v) is 10.8. The number of aromatic nitrogens is 2.